The maximum absolute atomic E-state index is 12.5. The molecule has 2 aliphatic heterocycles. The second kappa shape index (κ2) is 6.58. The van der Waals surface area contributed by atoms with Gasteiger partial charge in [-0.25, -0.2) is 0 Å². The van der Waals surface area contributed by atoms with Crippen molar-refractivity contribution in [3.8, 4) is 0 Å². The molecule has 2 aliphatic rings. The monoisotopic (exact) mass is 288 g/mol. The minimum Gasteiger partial charge on any atom is -0.368 e. The van der Waals surface area contributed by atoms with Crippen LogP contribution in [0.2, 0.25) is 0 Å². The van der Waals surface area contributed by atoms with Crippen LogP contribution >= 0.6 is 0 Å². The van der Waals surface area contributed by atoms with Gasteiger partial charge < -0.3 is 15.0 Å². The average Bonchev–Trinajstić information content (AvgIpc) is 2.54. The summed E-state index contributed by atoms with van der Waals surface area (Å²) in [5.74, 6) is 0.614. The molecule has 0 spiro atoms. The smallest absolute Gasteiger partial charge is 0.252 e. The van der Waals surface area contributed by atoms with E-state index in [1.165, 1.54) is 5.56 Å². The van der Waals surface area contributed by atoms with Crippen molar-refractivity contribution in [1.82, 2.24) is 5.32 Å². The summed E-state index contributed by atoms with van der Waals surface area (Å²) < 4.78 is 5.81. The van der Waals surface area contributed by atoms with Gasteiger partial charge in [0.05, 0.1) is 6.10 Å². The third kappa shape index (κ3) is 3.27. The summed E-state index contributed by atoms with van der Waals surface area (Å²) in [5, 5.41) is 3.31. The third-order valence-electron chi connectivity index (χ3n) is 4.57. The molecule has 21 heavy (non-hydrogen) atoms. The molecule has 3 rings (SSSR count). The molecule has 114 valence electrons. The molecule has 4 nitrogen and oxygen atoms in total. The van der Waals surface area contributed by atoms with Gasteiger partial charge in [0.2, 0.25) is 0 Å². The lowest BCUT2D eigenvalue weighted by atomic mass is 9.91. The Kier molecular flexibility index (Phi) is 4.56. The highest BCUT2D eigenvalue weighted by Gasteiger charge is 2.26. The minimum atomic E-state index is 0.0906. The van der Waals surface area contributed by atoms with Crippen molar-refractivity contribution in [3.05, 3.63) is 29.8 Å². The fourth-order valence-electron chi connectivity index (χ4n) is 3.24. The summed E-state index contributed by atoms with van der Waals surface area (Å²) in [6.45, 7) is 5.21. The zero-order valence-electron chi connectivity index (χ0n) is 12.7. The number of hydrogen-bond acceptors (Lipinski definition) is 3. The summed E-state index contributed by atoms with van der Waals surface area (Å²) in [4.78, 5) is 14.4. The highest BCUT2D eigenvalue weighted by Crippen LogP contribution is 2.34. The van der Waals surface area contributed by atoms with Gasteiger partial charge in [-0.05, 0) is 49.9 Å². The summed E-state index contributed by atoms with van der Waals surface area (Å²) in [7, 11) is 0. The van der Waals surface area contributed by atoms with E-state index in [1.807, 2.05) is 17.0 Å². The number of ether oxygens (including phenoxy) is 1. The lowest BCUT2D eigenvalue weighted by Crippen LogP contribution is -2.40. The first-order valence-electron chi connectivity index (χ1n) is 7.97. The van der Waals surface area contributed by atoms with Gasteiger partial charge in [-0.2, -0.15) is 0 Å². The minimum absolute atomic E-state index is 0.0906. The molecule has 0 bridgehead atoms. The van der Waals surface area contributed by atoms with Gasteiger partial charge in [0, 0.05) is 12.2 Å². The summed E-state index contributed by atoms with van der Waals surface area (Å²) in [5.41, 5.74) is 2.34. The molecular weight excluding hydrogens is 264 g/mol. The topological polar surface area (TPSA) is 41.6 Å². The molecule has 0 radical (unpaired) electrons. The van der Waals surface area contributed by atoms with Crippen molar-refractivity contribution in [2.75, 3.05) is 31.1 Å². The second-order valence-corrected chi connectivity index (χ2v) is 6.05. The number of para-hydroxylation sites is 1. The highest BCUT2D eigenvalue weighted by atomic mass is 16.5. The van der Waals surface area contributed by atoms with E-state index in [4.69, 9.17) is 4.74 Å². The maximum atomic E-state index is 12.5. The molecule has 1 aromatic rings. The molecule has 0 saturated carbocycles. The van der Waals surface area contributed by atoms with Gasteiger partial charge in [-0.15, -0.1) is 0 Å². The molecule has 1 saturated heterocycles. The zero-order chi connectivity index (χ0) is 14.7. The predicted molar refractivity (Wildman–Crippen MR) is 83.7 cm³/mol. The number of hydrogen-bond donors (Lipinski definition) is 1. The normalized spacial score (nSPS) is 22.9. The first-order valence-corrected chi connectivity index (χ1v) is 7.97. The number of fused-ring (bicyclic) bond motifs is 1. The van der Waals surface area contributed by atoms with E-state index >= 15 is 0 Å². The van der Waals surface area contributed by atoms with Crippen molar-refractivity contribution in [1.29, 1.82) is 0 Å². The van der Waals surface area contributed by atoms with E-state index in [0.29, 0.717) is 5.92 Å². The van der Waals surface area contributed by atoms with Crippen LogP contribution in [0.3, 0.4) is 0 Å². The quantitative estimate of drug-likeness (QED) is 0.928. The number of piperidine rings is 1. The Morgan fingerprint density at radius 2 is 2.05 bits per heavy atom. The Hall–Kier alpha value is -1.39. The van der Waals surface area contributed by atoms with E-state index in [9.17, 15) is 4.79 Å². The standard InChI is InChI=1S/C17H24N2O2/c1-13-8-11-19(16-5-3-2-4-15(13)16)17(20)12-21-14-6-9-18-10-7-14/h2-5,13-14,18H,6-12H2,1H3. The van der Waals surface area contributed by atoms with Crippen molar-refractivity contribution < 1.29 is 9.53 Å². The Morgan fingerprint density at radius 1 is 1.29 bits per heavy atom. The molecule has 1 fully saturated rings. The molecular formula is C17H24N2O2. The number of amides is 1. The van der Waals surface area contributed by atoms with Crippen LogP contribution in [0.5, 0.6) is 0 Å². The summed E-state index contributed by atoms with van der Waals surface area (Å²) >= 11 is 0. The number of rotatable bonds is 3. The van der Waals surface area contributed by atoms with Crippen LogP contribution in [0.15, 0.2) is 24.3 Å². The maximum Gasteiger partial charge on any atom is 0.252 e. The Labute approximate surface area is 126 Å². The average molecular weight is 288 g/mol. The van der Waals surface area contributed by atoms with Gasteiger partial charge in [0.15, 0.2) is 0 Å². The van der Waals surface area contributed by atoms with Crippen molar-refractivity contribution in [2.45, 2.75) is 38.2 Å². The fourth-order valence-corrected chi connectivity index (χ4v) is 3.24. The van der Waals surface area contributed by atoms with Gasteiger partial charge >= 0.3 is 0 Å². The highest BCUT2D eigenvalue weighted by molar-refractivity contribution is 5.95. The molecule has 1 unspecified atom stereocenters. The molecule has 0 aliphatic carbocycles. The van der Waals surface area contributed by atoms with Gasteiger partial charge in [0.1, 0.15) is 6.61 Å². The fraction of sp³-hybridized carbons (Fsp3) is 0.588. The van der Waals surface area contributed by atoms with E-state index in [0.717, 1.165) is 44.6 Å². The van der Waals surface area contributed by atoms with Crippen LogP contribution < -0.4 is 10.2 Å². The largest absolute Gasteiger partial charge is 0.368 e. The van der Waals surface area contributed by atoms with E-state index in [-0.39, 0.29) is 18.6 Å². The summed E-state index contributed by atoms with van der Waals surface area (Å²) in [6, 6.07) is 8.24. The molecule has 1 N–H and O–H groups in total. The van der Waals surface area contributed by atoms with Crippen LogP contribution in [0, 0.1) is 0 Å². The lowest BCUT2D eigenvalue weighted by Gasteiger charge is -2.33. The van der Waals surface area contributed by atoms with Gasteiger partial charge in [-0.3, -0.25) is 4.79 Å². The number of carbonyl (C=O) groups excluding carboxylic acids is 1. The van der Waals surface area contributed by atoms with Gasteiger partial charge in [-0.1, -0.05) is 25.1 Å². The first kappa shape index (κ1) is 14.5. The van der Waals surface area contributed by atoms with Crippen molar-refractivity contribution in [2.24, 2.45) is 0 Å². The predicted octanol–water partition coefficient (Wildman–Crippen LogP) is 2.30. The van der Waals surface area contributed by atoms with Crippen LogP contribution in [-0.2, 0) is 9.53 Å². The lowest BCUT2D eigenvalue weighted by molar-refractivity contribution is -0.125. The molecule has 1 amide bonds. The zero-order valence-corrected chi connectivity index (χ0v) is 12.7. The molecule has 0 aromatic heterocycles. The summed E-state index contributed by atoms with van der Waals surface area (Å²) in [6.07, 6.45) is 3.26. The Morgan fingerprint density at radius 3 is 2.86 bits per heavy atom. The molecule has 1 atom stereocenters. The van der Waals surface area contributed by atoms with Crippen molar-refractivity contribution >= 4 is 11.6 Å². The number of anilines is 1. The van der Waals surface area contributed by atoms with E-state index in [1.54, 1.807) is 0 Å². The molecule has 1 aromatic carbocycles. The van der Waals surface area contributed by atoms with E-state index in [2.05, 4.69) is 24.4 Å². The number of nitrogens with zero attached hydrogens (tertiary/aromatic N) is 1. The van der Waals surface area contributed by atoms with Crippen LogP contribution in [0.25, 0.3) is 0 Å². The molecule has 2 heterocycles. The van der Waals surface area contributed by atoms with Crippen LogP contribution in [0.1, 0.15) is 37.7 Å². The number of benzene rings is 1. The van der Waals surface area contributed by atoms with Crippen molar-refractivity contribution in [3.63, 3.8) is 0 Å². The Balaban J connectivity index is 1.63. The SMILES string of the molecule is CC1CCN(C(=O)COC2CCNCC2)c2ccccc21. The van der Waals surface area contributed by atoms with E-state index < -0.39 is 0 Å². The van der Waals surface area contributed by atoms with Crippen LogP contribution in [-0.4, -0.2) is 38.3 Å². The van der Waals surface area contributed by atoms with Gasteiger partial charge in [0.25, 0.3) is 5.91 Å². The van der Waals surface area contributed by atoms with Crippen LogP contribution in [0.4, 0.5) is 5.69 Å². The second-order valence-electron chi connectivity index (χ2n) is 6.05. The molecule has 4 heteroatoms. The third-order valence-corrected chi connectivity index (χ3v) is 4.57. The number of nitrogens with one attached hydrogen (secondary N) is 1. The Bertz CT molecular complexity index is 497. The first-order chi connectivity index (χ1) is 10.3. The number of carbonyl (C=O) groups is 1.